The number of alkyl halides is 6. The number of nitrogens with one attached hydrogen (secondary N) is 3. The molecule has 1 aromatic carbocycles. The lowest BCUT2D eigenvalue weighted by atomic mass is 10.0. The second-order valence-corrected chi connectivity index (χ2v) is 7.35. The molecule has 0 saturated heterocycles. The maximum atomic E-state index is 13.0. The summed E-state index contributed by atoms with van der Waals surface area (Å²) in [4.78, 5) is 16.9. The molecule has 0 radical (unpaired) electrons. The summed E-state index contributed by atoms with van der Waals surface area (Å²) < 4.78 is 78.2. The van der Waals surface area contributed by atoms with Crippen LogP contribution in [-0.2, 0) is 30.1 Å². The lowest BCUT2D eigenvalue weighted by Crippen LogP contribution is -2.48. The van der Waals surface area contributed by atoms with E-state index in [0.29, 0.717) is 29.9 Å². The predicted molar refractivity (Wildman–Crippen MR) is 113 cm³/mol. The van der Waals surface area contributed by atoms with Crippen LogP contribution in [-0.4, -0.2) is 42.8 Å². The first-order valence-electron chi connectivity index (χ1n) is 9.72. The van der Waals surface area contributed by atoms with Crippen molar-refractivity contribution in [3.63, 3.8) is 0 Å². The lowest BCUT2D eigenvalue weighted by molar-refractivity contribution is -0.143. The minimum atomic E-state index is -5.03. The monoisotopic (exact) mass is 518 g/mol. The van der Waals surface area contributed by atoms with Crippen LogP contribution in [0.1, 0.15) is 16.8 Å². The number of aromatic nitrogens is 5. The molecule has 1 amide bonds. The largest absolute Gasteiger partial charge is 0.416 e. The fraction of sp³-hybridized carbons (Fsp3) is 0.263. The van der Waals surface area contributed by atoms with Crippen molar-refractivity contribution >= 4 is 23.2 Å². The number of carbonyl (C=O) groups is 1. The first kappa shape index (κ1) is 25.8. The third kappa shape index (κ3) is 7.59. The van der Waals surface area contributed by atoms with E-state index in [9.17, 15) is 31.1 Å². The zero-order valence-corrected chi connectivity index (χ0v) is 18.3. The minimum absolute atomic E-state index is 0.0136. The van der Waals surface area contributed by atoms with E-state index in [4.69, 9.17) is 12.2 Å². The van der Waals surface area contributed by atoms with Gasteiger partial charge in [0.25, 0.3) is 5.91 Å². The number of pyridine rings is 1. The lowest BCUT2D eigenvalue weighted by Gasteiger charge is -2.13. The van der Waals surface area contributed by atoms with E-state index in [0.717, 1.165) is 5.69 Å². The van der Waals surface area contributed by atoms with E-state index in [1.807, 2.05) is 12.1 Å². The van der Waals surface area contributed by atoms with Gasteiger partial charge in [0.05, 0.1) is 11.1 Å². The van der Waals surface area contributed by atoms with Crippen molar-refractivity contribution in [1.29, 1.82) is 0 Å². The second kappa shape index (κ2) is 10.6. The van der Waals surface area contributed by atoms with Crippen LogP contribution in [0.4, 0.5) is 26.3 Å². The highest BCUT2D eigenvalue weighted by Crippen LogP contribution is 2.37. The van der Waals surface area contributed by atoms with E-state index in [-0.39, 0.29) is 11.2 Å². The molecule has 0 spiro atoms. The van der Waals surface area contributed by atoms with E-state index in [1.54, 1.807) is 12.3 Å². The van der Waals surface area contributed by atoms with Crippen LogP contribution < -0.4 is 16.2 Å². The number of rotatable bonds is 6. The molecule has 0 bridgehead atoms. The van der Waals surface area contributed by atoms with Crippen molar-refractivity contribution in [3.05, 3.63) is 59.4 Å². The Morgan fingerprint density at radius 2 is 1.69 bits per heavy atom. The first-order chi connectivity index (χ1) is 16.4. The number of nitrogens with zero attached hydrogens (tertiary/aromatic N) is 5. The van der Waals surface area contributed by atoms with Gasteiger partial charge >= 0.3 is 12.4 Å². The standard InChI is InChI=1S/C19H16F6N8OS/c20-18(21,22)12-7-11(8-13(9-12)19(23,24)25)16-29-32-33(31-16)10-15(34)28-30-17(35)27-6-4-14-3-1-2-5-26-14/h1-3,5,7-9H,4,6,10H2,(H,28,34)(H2,27,30,35). The number of amides is 1. The third-order valence-corrected chi connectivity index (χ3v) is 4.54. The molecular weight excluding hydrogens is 502 g/mol. The number of thiocarbonyl (C=S) groups is 1. The van der Waals surface area contributed by atoms with Crippen molar-refractivity contribution in [2.24, 2.45) is 0 Å². The first-order valence-corrected chi connectivity index (χ1v) is 10.1. The smallest absolute Gasteiger partial charge is 0.361 e. The van der Waals surface area contributed by atoms with E-state index >= 15 is 0 Å². The molecule has 0 saturated carbocycles. The topological polar surface area (TPSA) is 110 Å². The Morgan fingerprint density at radius 1 is 1.00 bits per heavy atom. The van der Waals surface area contributed by atoms with Crippen LogP contribution >= 0.6 is 12.2 Å². The molecule has 3 N–H and O–H groups in total. The Morgan fingerprint density at radius 3 is 2.29 bits per heavy atom. The fourth-order valence-corrected chi connectivity index (χ4v) is 2.85. The van der Waals surface area contributed by atoms with Crippen LogP contribution in [0.25, 0.3) is 11.4 Å². The van der Waals surface area contributed by atoms with Crippen LogP contribution in [0.3, 0.4) is 0 Å². The van der Waals surface area contributed by atoms with Crippen molar-refractivity contribution in [1.82, 2.24) is 41.4 Å². The molecule has 0 aliphatic heterocycles. The molecule has 0 aliphatic rings. The average molecular weight is 518 g/mol. The van der Waals surface area contributed by atoms with Crippen molar-refractivity contribution < 1.29 is 31.1 Å². The molecular formula is C19H16F6N8OS. The summed E-state index contributed by atoms with van der Waals surface area (Å²) in [5.74, 6) is -1.23. The number of tetrazole rings is 1. The van der Waals surface area contributed by atoms with Crippen molar-refractivity contribution in [2.75, 3.05) is 6.54 Å². The molecule has 2 aromatic heterocycles. The molecule has 0 atom stereocenters. The van der Waals surface area contributed by atoms with Crippen LogP contribution in [0.5, 0.6) is 0 Å². The van der Waals surface area contributed by atoms with Gasteiger partial charge in [-0.25, -0.2) is 0 Å². The van der Waals surface area contributed by atoms with E-state index < -0.39 is 47.3 Å². The van der Waals surface area contributed by atoms with E-state index in [2.05, 4.69) is 36.6 Å². The molecule has 186 valence electrons. The van der Waals surface area contributed by atoms with Gasteiger partial charge in [0.2, 0.25) is 5.82 Å². The van der Waals surface area contributed by atoms with Crippen molar-refractivity contribution in [3.8, 4) is 11.4 Å². The Labute approximate surface area is 198 Å². The summed E-state index contributed by atoms with van der Waals surface area (Å²) >= 11 is 5.01. The van der Waals surface area contributed by atoms with Crippen molar-refractivity contribution in [2.45, 2.75) is 25.3 Å². The Kier molecular flexibility index (Phi) is 7.83. The van der Waals surface area contributed by atoms with Gasteiger partial charge in [-0.1, -0.05) is 6.07 Å². The number of hydrogen-bond acceptors (Lipinski definition) is 6. The summed E-state index contributed by atoms with van der Waals surface area (Å²) in [6.07, 6.45) is -7.82. The molecule has 16 heteroatoms. The Hall–Kier alpha value is -3.82. The number of carbonyl (C=O) groups excluding carboxylic acids is 1. The number of hydrogen-bond donors (Lipinski definition) is 3. The third-order valence-electron chi connectivity index (χ3n) is 4.29. The van der Waals surface area contributed by atoms with Gasteiger partial charge in [0, 0.05) is 30.4 Å². The predicted octanol–water partition coefficient (Wildman–Crippen LogP) is 2.51. The van der Waals surface area contributed by atoms with Gasteiger partial charge in [-0.05, 0) is 47.8 Å². The second-order valence-electron chi connectivity index (χ2n) is 6.94. The normalized spacial score (nSPS) is 11.7. The Bertz CT molecular complexity index is 1150. The molecule has 0 aliphatic carbocycles. The van der Waals surface area contributed by atoms with Gasteiger partial charge in [0.15, 0.2) is 5.11 Å². The zero-order valence-electron chi connectivity index (χ0n) is 17.5. The quantitative estimate of drug-likeness (QED) is 0.260. The van der Waals surface area contributed by atoms with Gasteiger partial charge in [-0.15, -0.1) is 10.2 Å². The van der Waals surface area contributed by atoms with Crippen LogP contribution in [0.2, 0.25) is 0 Å². The molecule has 35 heavy (non-hydrogen) atoms. The fourth-order valence-electron chi connectivity index (χ4n) is 2.70. The summed E-state index contributed by atoms with van der Waals surface area (Å²) in [6.45, 7) is -0.106. The minimum Gasteiger partial charge on any atom is -0.361 e. The number of hydrazine groups is 1. The zero-order chi connectivity index (χ0) is 25.6. The summed E-state index contributed by atoms with van der Waals surface area (Å²) in [6, 6.07) is 6.37. The van der Waals surface area contributed by atoms with Gasteiger partial charge in [-0.2, -0.15) is 31.1 Å². The highest BCUT2D eigenvalue weighted by molar-refractivity contribution is 7.80. The molecule has 3 rings (SSSR count). The number of halogens is 6. The summed E-state index contributed by atoms with van der Waals surface area (Å²) in [5.41, 5.74) is 1.92. The number of benzene rings is 1. The summed E-state index contributed by atoms with van der Waals surface area (Å²) in [5, 5.41) is 13.6. The van der Waals surface area contributed by atoms with Crippen LogP contribution in [0, 0.1) is 0 Å². The van der Waals surface area contributed by atoms with Gasteiger partial charge < -0.3 is 5.32 Å². The molecule has 9 nitrogen and oxygen atoms in total. The summed E-state index contributed by atoms with van der Waals surface area (Å²) in [7, 11) is 0. The maximum absolute atomic E-state index is 13.0. The van der Waals surface area contributed by atoms with E-state index in [1.165, 1.54) is 0 Å². The molecule has 3 aromatic rings. The average Bonchev–Trinajstić information content (AvgIpc) is 3.25. The highest BCUT2D eigenvalue weighted by atomic mass is 32.1. The molecule has 0 unspecified atom stereocenters. The highest BCUT2D eigenvalue weighted by Gasteiger charge is 2.37. The van der Waals surface area contributed by atoms with Gasteiger partial charge in [0.1, 0.15) is 6.54 Å². The molecule has 2 heterocycles. The maximum Gasteiger partial charge on any atom is 0.416 e. The van der Waals surface area contributed by atoms with Gasteiger partial charge in [-0.3, -0.25) is 20.6 Å². The van der Waals surface area contributed by atoms with Crippen LogP contribution in [0.15, 0.2) is 42.6 Å². The Balaban J connectivity index is 1.57. The SMILES string of the molecule is O=C(Cn1nnc(-c2cc(C(F)(F)F)cc(C(F)(F)F)c2)n1)NNC(=S)NCCc1ccccn1. The molecule has 0 fully saturated rings.